The Morgan fingerprint density at radius 2 is 2.17 bits per heavy atom. The summed E-state index contributed by atoms with van der Waals surface area (Å²) in [6.45, 7) is 5.58. The van der Waals surface area contributed by atoms with E-state index in [1.807, 2.05) is 13.8 Å². The highest BCUT2D eigenvalue weighted by atomic mass is 16.5. The van der Waals surface area contributed by atoms with Crippen molar-refractivity contribution in [3.8, 4) is 0 Å². The zero-order valence-corrected chi connectivity index (χ0v) is 8.02. The lowest BCUT2D eigenvalue weighted by Gasteiger charge is -2.00. The van der Waals surface area contributed by atoms with Gasteiger partial charge in [-0.1, -0.05) is 5.57 Å². The highest BCUT2D eigenvalue weighted by molar-refractivity contribution is 5.91. The molecule has 12 heavy (non-hydrogen) atoms. The molecule has 0 fully saturated rings. The normalized spacial score (nSPS) is 9.58. The molecule has 0 heterocycles. The molecule has 0 saturated carbocycles. The van der Waals surface area contributed by atoms with Gasteiger partial charge in [0, 0.05) is 13.7 Å². The van der Waals surface area contributed by atoms with Gasteiger partial charge in [-0.25, -0.2) is 0 Å². The molecule has 1 N–H and O–H groups in total. The van der Waals surface area contributed by atoms with Crippen LogP contribution in [-0.4, -0.2) is 32.6 Å². The van der Waals surface area contributed by atoms with Gasteiger partial charge in [0.05, 0.1) is 13.2 Å². The third-order valence-electron chi connectivity index (χ3n) is 1.23. The maximum atomic E-state index is 11.0. The summed E-state index contributed by atoms with van der Waals surface area (Å²) in [5.41, 5.74) is 1.04. The molecule has 0 unspecified atom stereocenters. The van der Waals surface area contributed by atoms with Crippen molar-refractivity contribution >= 4 is 5.78 Å². The van der Waals surface area contributed by atoms with Crippen molar-refractivity contribution in [1.82, 2.24) is 5.32 Å². The second-order valence-corrected chi connectivity index (χ2v) is 2.86. The van der Waals surface area contributed by atoms with Crippen LogP contribution in [-0.2, 0) is 9.53 Å². The summed E-state index contributed by atoms with van der Waals surface area (Å²) in [6, 6.07) is 0. The molecular formula is C9H17NO2. The molecule has 0 amide bonds. The number of rotatable bonds is 6. The van der Waals surface area contributed by atoms with Gasteiger partial charge in [0.15, 0.2) is 5.78 Å². The van der Waals surface area contributed by atoms with Crippen LogP contribution in [0.4, 0.5) is 0 Å². The summed E-state index contributed by atoms with van der Waals surface area (Å²) >= 11 is 0. The fourth-order valence-corrected chi connectivity index (χ4v) is 0.759. The molecule has 0 aromatic heterocycles. The number of hydrogen-bond donors (Lipinski definition) is 1. The van der Waals surface area contributed by atoms with Crippen molar-refractivity contribution in [1.29, 1.82) is 0 Å². The zero-order chi connectivity index (χ0) is 9.40. The molecule has 0 atom stereocenters. The number of carbonyl (C=O) groups is 1. The van der Waals surface area contributed by atoms with Crippen LogP contribution in [0.3, 0.4) is 0 Å². The van der Waals surface area contributed by atoms with E-state index in [0.29, 0.717) is 13.2 Å². The van der Waals surface area contributed by atoms with Gasteiger partial charge in [-0.3, -0.25) is 4.79 Å². The maximum absolute atomic E-state index is 11.0. The third-order valence-corrected chi connectivity index (χ3v) is 1.23. The lowest BCUT2D eigenvalue weighted by molar-refractivity contribution is -0.113. The van der Waals surface area contributed by atoms with Crippen LogP contribution >= 0.6 is 0 Å². The predicted molar refractivity (Wildman–Crippen MR) is 49.2 cm³/mol. The predicted octanol–water partition coefficient (Wildman–Crippen LogP) is 0.758. The second-order valence-electron chi connectivity index (χ2n) is 2.86. The first kappa shape index (κ1) is 11.3. The van der Waals surface area contributed by atoms with Crippen molar-refractivity contribution in [3.63, 3.8) is 0 Å². The number of ether oxygens (including phenoxy) is 1. The Kier molecular flexibility index (Phi) is 6.61. The van der Waals surface area contributed by atoms with E-state index in [-0.39, 0.29) is 5.78 Å². The average Bonchev–Trinajstić information content (AvgIpc) is 1.97. The van der Waals surface area contributed by atoms with Crippen LogP contribution in [0.5, 0.6) is 0 Å². The molecule has 0 radical (unpaired) electrons. The average molecular weight is 171 g/mol. The first-order valence-corrected chi connectivity index (χ1v) is 4.04. The Morgan fingerprint density at radius 1 is 1.50 bits per heavy atom. The number of allylic oxidation sites excluding steroid dienone is 1. The van der Waals surface area contributed by atoms with Crippen molar-refractivity contribution in [2.24, 2.45) is 0 Å². The SMILES string of the molecule is COCCNCC(=O)C=C(C)C. The smallest absolute Gasteiger partial charge is 0.169 e. The van der Waals surface area contributed by atoms with Gasteiger partial charge in [-0.05, 0) is 19.9 Å². The zero-order valence-electron chi connectivity index (χ0n) is 8.02. The van der Waals surface area contributed by atoms with E-state index in [0.717, 1.165) is 12.1 Å². The van der Waals surface area contributed by atoms with E-state index in [2.05, 4.69) is 5.32 Å². The highest BCUT2D eigenvalue weighted by Crippen LogP contribution is 1.87. The Morgan fingerprint density at radius 3 is 2.67 bits per heavy atom. The molecule has 3 heteroatoms. The fourth-order valence-electron chi connectivity index (χ4n) is 0.759. The summed E-state index contributed by atoms with van der Waals surface area (Å²) in [5, 5.41) is 2.97. The molecule has 0 aromatic carbocycles. The summed E-state index contributed by atoms with van der Waals surface area (Å²) in [6.07, 6.45) is 1.64. The maximum Gasteiger partial charge on any atom is 0.169 e. The molecule has 0 bridgehead atoms. The standard InChI is InChI=1S/C9H17NO2/c1-8(2)6-9(11)7-10-4-5-12-3/h6,10H,4-5,7H2,1-3H3. The Labute approximate surface area is 73.8 Å². The first-order chi connectivity index (χ1) is 5.66. The van der Waals surface area contributed by atoms with Crippen LogP contribution in [0.1, 0.15) is 13.8 Å². The van der Waals surface area contributed by atoms with Crippen LogP contribution in [0, 0.1) is 0 Å². The van der Waals surface area contributed by atoms with E-state index in [4.69, 9.17) is 4.74 Å². The van der Waals surface area contributed by atoms with E-state index in [1.165, 1.54) is 0 Å². The van der Waals surface area contributed by atoms with Gasteiger partial charge < -0.3 is 10.1 Å². The summed E-state index contributed by atoms with van der Waals surface area (Å²) in [4.78, 5) is 11.0. The minimum atomic E-state index is 0.117. The molecule has 0 spiro atoms. The Balaban J connectivity index is 3.39. The third kappa shape index (κ3) is 7.44. The molecule has 70 valence electrons. The molecule has 3 nitrogen and oxygen atoms in total. The first-order valence-electron chi connectivity index (χ1n) is 4.04. The number of ketones is 1. The molecular weight excluding hydrogens is 154 g/mol. The van der Waals surface area contributed by atoms with Crippen molar-refractivity contribution in [2.75, 3.05) is 26.8 Å². The van der Waals surface area contributed by atoms with Crippen molar-refractivity contribution < 1.29 is 9.53 Å². The van der Waals surface area contributed by atoms with E-state index >= 15 is 0 Å². The number of methoxy groups -OCH3 is 1. The number of carbonyl (C=O) groups excluding carboxylic acids is 1. The van der Waals surface area contributed by atoms with Crippen LogP contribution in [0.25, 0.3) is 0 Å². The van der Waals surface area contributed by atoms with E-state index in [1.54, 1.807) is 13.2 Å². The van der Waals surface area contributed by atoms with Gasteiger partial charge >= 0.3 is 0 Å². The Bertz CT molecular complexity index is 160. The largest absolute Gasteiger partial charge is 0.383 e. The van der Waals surface area contributed by atoms with Gasteiger partial charge in [-0.2, -0.15) is 0 Å². The van der Waals surface area contributed by atoms with E-state index in [9.17, 15) is 4.79 Å². The monoisotopic (exact) mass is 171 g/mol. The van der Waals surface area contributed by atoms with E-state index < -0.39 is 0 Å². The molecule has 0 aliphatic heterocycles. The Hall–Kier alpha value is -0.670. The second kappa shape index (κ2) is 7.00. The lowest BCUT2D eigenvalue weighted by Crippen LogP contribution is -2.25. The quantitative estimate of drug-likeness (QED) is 0.473. The molecule has 0 aromatic rings. The molecule has 0 rings (SSSR count). The summed E-state index contributed by atoms with van der Waals surface area (Å²) < 4.78 is 4.82. The molecule has 0 saturated heterocycles. The lowest BCUT2D eigenvalue weighted by atomic mass is 10.2. The minimum Gasteiger partial charge on any atom is -0.383 e. The van der Waals surface area contributed by atoms with Crippen LogP contribution in [0.2, 0.25) is 0 Å². The van der Waals surface area contributed by atoms with Crippen molar-refractivity contribution in [3.05, 3.63) is 11.6 Å². The number of hydrogen-bond acceptors (Lipinski definition) is 3. The summed E-state index contributed by atoms with van der Waals surface area (Å²) in [5.74, 6) is 0.117. The molecule has 0 aliphatic rings. The summed E-state index contributed by atoms with van der Waals surface area (Å²) in [7, 11) is 1.64. The van der Waals surface area contributed by atoms with Crippen LogP contribution in [0.15, 0.2) is 11.6 Å². The van der Waals surface area contributed by atoms with Gasteiger partial charge in [-0.15, -0.1) is 0 Å². The van der Waals surface area contributed by atoms with Crippen LogP contribution < -0.4 is 5.32 Å². The molecule has 0 aliphatic carbocycles. The van der Waals surface area contributed by atoms with Gasteiger partial charge in [0.1, 0.15) is 0 Å². The van der Waals surface area contributed by atoms with Gasteiger partial charge in [0.2, 0.25) is 0 Å². The minimum absolute atomic E-state index is 0.117. The highest BCUT2D eigenvalue weighted by Gasteiger charge is 1.95. The van der Waals surface area contributed by atoms with Crippen molar-refractivity contribution in [2.45, 2.75) is 13.8 Å². The fraction of sp³-hybridized carbons (Fsp3) is 0.667. The number of nitrogens with one attached hydrogen (secondary N) is 1. The van der Waals surface area contributed by atoms with Gasteiger partial charge in [0.25, 0.3) is 0 Å². The topological polar surface area (TPSA) is 38.3 Å².